The first-order valence-electron chi connectivity index (χ1n) is 5.46. The van der Waals surface area contributed by atoms with E-state index in [0.717, 1.165) is 0 Å². The van der Waals surface area contributed by atoms with Crippen molar-refractivity contribution in [1.82, 2.24) is 4.72 Å². The molecule has 0 fully saturated rings. The van der Waals surface area contributed by atoms with Crippen LogP contribution in [0.15, 0.2) is 17.0 Å². The van der Waals surface area contributed by atoms with Crippen molar-refractivity contribution in [1.29, 1.82) is 0 Å². The SMILES string of the molecule is COC(OC)C(C)NS(=O)(=O)c1ccc(F)c(F)c1F. The standard InChI is InChI=1S/C11H14F3NO4S/c1-6(11(18-2)19-3)15-20(16,17)8-5-4-7(12)9(13)10(8)14/h4-6,11,15H,1-3H3. The van der Waals surface area contributed by atoms with Crippen molar-refractivity contribution in [2.75, 3.05) is 14.2 Å². The molecule has 0 saturated heterocycles. The molecule has 0 bridgehead atoms. The molecule has 0 amide bonds. The van der Waals surface area contributed by atoms with Gasteiger partial charge in [-0.3, -0.25) is 0 Å². The van der Waals surface area contributed by atoms with Gasteiger partial charge in [-0.2, -0.15) is 0 Å². The monoisotopic (exact) mass is 313 g/mol. The topological polar surface area (TPSA) is 64.6 Å². The van der Waals surface area contributed by atoms with Crippen molar-refractivity contribution >= 4 is 10.0 Å². The second-order valence-electron chi connectivity index (χ2n) is 3.92. The van der Waals surface area contributed by atoms with Crippen LogP contribution in [0.5, 0.6) is 0 Å². The highest BCUT2D eigenvalue weighted by Crippen LogP contribution is 2.20. The van der Waals surface area contributed by atoms with Crippen LogP contribution in [-0.4, -0.2) is 35.0 Å². The van der Waals surface area contributed by atoms with Gasteiger partial charge in [-0.25, -0.2) is 26.3 Å². The van der Waals surface area contributed by atoms with E-state index in [1.807, 2.05) is 0 Å². The maximum absolute atomic E-state index is 13.5. The average Bonchev–Trinajstić information content (AvgIpc) is 2.36. The number of benzene rings is 1. The summed E-state index contributed by atoms with van der Waals surface area (Å²) in [6.45, 7) is 1.41. The van der Waals surface area contributed by atoms with E-state index < -0.39 is 44.7 Å². The highest BCUT2D eigenvalue weighted by Gasteiger charge is 2.28. The fourth-order valence-electron chi connectivity index (χ4n) is 1.58. The fraction of sp³-hybridized carbons (Fsp3) is 0.455. The summed E-state index contributed by atoms with van der Waals surface area (Å²) in [5.74, 6) is -5.10. The molecule has 114 valence electrons. The summed E-state index contributed by atoms with van der Waals surface area (Å²) in [6.07, 6.45) is -0.918. The van der Waals surface area contributed by atoms with Gasteiger partial charge in [-0.15, -0.1) is 0 Å². The van der Waals surface area contributed by atoms with E-state index in [0.29, 0.717) is 12.1 Å². The average molecular weight is 313 g/mol. The second-order valence-corrected chi connectivity index (χ2v) is 5.61. The third kappa shape index (κ3) is 3.48. The summed E-state index contributed by atoms with van der Waals surface area (Å²) in [7, 11) is -1.81. The lowest BCUT2D eigenvalue weighted by Gasteiger charge is -2.22. The number of hydrogen-bond donors (Lipinski definition) is 1. The van der Waals surface area contributed by atoms with E-state index in [1.54, 1.807) is 0 Å². The van der Waals surface area contributed by atoms with Gasteiger partial charge in [0.25, 0.3) is 0 Å². The van der Waals surface area contributed by atoms with Gasteiger partial charge < -0.3 is 9.47 Å². The molecule has 1 aromatic carbocycles. The summed E-state index contributed by atoms with van der Waals surface area (Å²) in [4.78, 5) is -0.991. The number of rotatable bonds is 6. The molecule has 0 aliphatic rings. The van der Waals surface area contributed by atoms with Gasteiger partial charge in [0.1, 0.15) is 4.90 Å². The molecule has 0 aliphatic heterocycles. The number of ether oxygens (including phenoxy) is 2. The molecule has 1 rings (SSSR count). The lowest BCUT2D eigenvalue weighted by molar-refractivity contribution is -0.115. The number of hydrogen-bond acceptors (Lipinski definition) is 4. The Morgan fingerprint density at radius 1 is 1.10 bits per heavy atom. The van der Waals surface area contributed by atoms with Crippen molar-refractivity contribution in [3.05, 3.63) is 29.6 Å². The van der Waals surface area contributed by atoms with E-state index in [2.05, 4.69) is 4.72 Å². The van der Waals surface area contributed by atoms with Crippen LogP contribution in [0.4, 0.5) is 13.2 Å². The largest absolute Gasteiger partial charge is 0.354 e. The zero-order chi connectivity index (χ0) is 15.5. The van der Waals surface area contributed by atoms with Crippen molar-refractivity contribution in [2.24, 2.45) is 0 Å². The number of methoxy groups -OCH3 is 2. The molecule has 9 heteroatoms. The summed E-state index contributed by atoms with van der Waals surface area (Å²) < 4.78 is 74.9. The van der Waals surface area contributed by atoms with Crippen LogP contribution in [0, 0.1) is 17.5 Å². The first-order valence-corrected chi connectivity index (χ1v) is 6.94. The summed E-state index contributed by atoms with van der Waals surface area (Å²) in [5, 5.41) is 0. The molecule has 0 radical (unpaired) electrons. The molecule has 20 heavy (non-hydrogen) atoms. The highest BCUT2D eigenvalue weighted by atomic mass is 32.2. The third-order valence-corrected chi connectivity index (χ3v) is 4.08. The Morgan fingerprint density at radius 3 is 2.15 bits per heavy atom. The Bertz CT molecular complexity index is 575. The van der Waals surface area contributed by atoms with Crippen LogP contribution in [0.25, 0.3) is 0 Å². The molecule has 1 N–H and O–H groups in total. The van der Waals surface area contributed by atoms with Crippen LogP contribution >= 0.6 is 0 Å². The molecule has 1 atom stereocenters. The van der Waals surface area contributed by atoms with E-state index in [-0.39, 0.29) is 0 Å². The van der Waals surface area contributed by atoms with Gasteiger partial charge >= 0.3 is 0 Å². The molecule has 0 saturated carbocycles. The van der Waals surface area contributed by atoms with E-state index in [4.69, 9.17) is 9.47 Å². The first-order chi connectivity index (χ1) is 9.24. The number of nitrogens with one attached hydrogen (secondary N) is 1. The van der Waals surface area contributed by atoms with Gasteiger partial charge in [0.15, 0.2) is 23.7 Å². The Kier molecular flexibility index (Phi) is 5.51. The zero-order valence-electron chi connectivity index (χ0n) is 11.0. The smallest absolute Gasteiger partial charge is 0.244 e. The molecule has 0 aliphatic carbocycles. The lowest BCUT2D eigenvalue weighted by atomic mass is 10.3. The van der Waals surface area contributed by atoms with Crippen molar-refractivity contribution < 1.29 is 31.1 Å². The van der Waals surface area contributed by atoms with Gasteiger partial charge in [-0.05, 0) is 19.1 Å². The molecular weight excluding hydrogens is 299 g/mol. The Morgan fingerprint density at radius 2 is 1.65 bits per heavy atom. The third-order valence-electron chi connectivity index (χ3n) is 2.50. The van der Waals surface area contributed by atoms with Crippen molar-refractivity contribution in [3.8, 4) is 0 Å². The quantitative estimate of drug-likeness (QED) is 0.637. The van der Waals surface area contributed by atoms with Crippen LogP contribution in [0.3, 0.4) is 0 Å². The van der Waals surface area contributed by atoms with Crippen molar-refractivity contribution in [3.63, 3.8) is 0 Å². The second kappa shape index (κ2) is 6.53. The van der Waals surface area contributed by atoms with E-state index in [9.17, 15) is 21.6 Å². The normalized spacial score (nSPS) is 13.8. The van der Waals surface area contributed by atoms with Gasteiger partial charge in [0, 0.05) is 14.2 Å². The van der Waals surface area contributed by atoms with Crippen molar-refractivity contribution in [2.45, 2.75) is 24.2 Å². The Balaban J connectivity index is 3.09. The maximum atomic E-state index is 13.5. The minimum absolute atomic E-state index is 0.530. The summed E-state index contributed by atoms with van der Waals surface area (Å²) in [6, 6.07) is 0.293. The first kappa shape index (κ1) is 16.9. The Labute approximate surface area is 114 Å². The highest BCUT2D eigenvalue weighted by molar-refractivity contribution is 7.89. The van der Waals surface area contributed by atoms with E-state index in [1.165, 1.54) is 21.1 Å². The van der Waals surface area contributed by atoms with Gasteiger partial charge in [0.05, 0.1) is 6.04 Å². The Hall–Kier alpha value is -1.16. The molecular formula is C11H14F3NO4S. The lowest BCUT2D eigenvalue weighted by Crippen LogP contribution is -2.43. The predicted octanol–water partition coefficient (Wildman–Crippen LogP) is 1.39. The maximum Gasteiger partial charge on any atom is 0.244 e. The minimum Gasteiger partial charge on any atom is -0.354 e. The van der Waals surface area contributed by atoms with Crippen LogP contribution in [-0.2, 0) is 19.5 Å². The molecule has 0 heterocycles. The summed E-state index contributed by atoms with van der Waals surface area (Å²) >= 11 is 0. The number of sulfonamides is 1. The number of halogens is 3. The summed E-state index contributed by atoms with van der Waals surface area (Å²) in [5.41, 5.74) is 0. The van der Waals surface area contributed by atoms with Crippen LogP contribution in [0.1, 0.15) is 6.92 Å². The van der Waals surface area contributed by atoms with Gasteiger partial charge in [0.2, 0.25) is 10.0 Å². The zero-order valence-corrected chi connectivity index (χ0v) is 11.8. The molecule has 0 aromatic heterocycles. The van der Waals surface area contributed by atoms with Gasteiger partial charge in [-0.1, -0.05) is 0 Å². The predicted molar refractivity (Wildman–Crippen MR) is 63.9 cm³/mol. The fourth-order valence-corrected chi connectivity index (χ4v) is 2.88. The molecule has 5 nitrogen and oxygen atoms in total. The molecule has 1 aromatic rings. The van der Waals surface area contributed by atoms with Crippen LogP contribution < -0.4 is 4.72 Å². The van der Waals surface area contributed by atoms with E-state index >= 15 is 0 Å². The minimum atomic E-state index is -4.39. The van der Waals surface area contributed by atoms with Crippen LogP contribution in [0.2, 0.25) is 0 Å². The molecule has 1 unspecified atom stereocenters. The molecule has 0 spiro atoms.